The summed E-state index contributed by atoms with van der Waals surface area (Å²) in [5.74, 6) is 5.73. The van der Waals surface area contributed by atoms with E-state index in [1.165, 1.54) is 12.8 Å². The normalized spacial score (nSPS) is 15.1. The fourth-order valence-corrected chi connectivity index (χ4v) is 2.99. The van der Waals surface area contributed by atoms with Crippen LogP contribution in [0, 0.1) is 0 Å². The van der Waals surface area contributed by atoms with E-state index in [1.807, 2.05) is 24.3 Å². The molecule has 1 aromatic carbocycles. The molecule has 24 heavy (non-hydrogen) atoms. The molecule has 2 rings (SSSR count). The molecule has 132 valence electrons. The maximum atomic E-state index is 11.9. The SMILES string of the molecule is NOCCCOc1cc(Cl)cc(C=CCC(=O)NC2CCCC2)c1. The number of halogens is 1. The Bertz CT molecular complexity index is 557. The van der Waals surface area contributed by atoms with Crippen molar-refractivity contribution >= 4 is 23.6 Å². The third kappa shape index (κ3) is 6.91. The summed E-state index contributed by atoms with van der Waals surface area (Å²) in [6, 6.07) is 5.84. The summed E-state index contributed by atoms with van der Waals surface area (Å²) in [5.41, 5.74) is 0.904. The molecular formula is C18H25ClN2O3. The van der Waals surface area contributed by atoms with E-state index >= 15 is 0 Å². The van der Waals surface area contributed by atoms with E-state index in [0.717, 1.165) is 18.4 Å². The Morgan fingerprint density at radius 1 is 1.29 bits per heavy atom. The first-order valence-corrected chi connectivity index (χ1v) is 8.76. The van der Waals surface area contributed by atoms with E-state index in [-0.39, 0.29) is 5.91 Å². The van der Waals surface area contributed by atoms with Crippen LogP contribution in [-0.2, 0) is 9.63 Å². The van der Waals surface area contributed by atoms with Gasteiger partial charge in [0, 0.05) is 23.9 Å². The van der Waals surface area contributed by atoms with Crippen molar-refractivity contribution in [3.05, 3.63) is 34.9 Å². The maximum absolute atomic E-state index is 11.9. The zero-order valence-electron chi connectivity index (χ0n) is 13.8. The van der Waals surface area contributed by atoms with Crippen LogP contribution >= 0.6 is 11.6 Å². The lowest BCUT2D eigenvalue weighted by Gasteiger charge is -2.10. The average molecular weight is 353 g/mol. The number of carbonyl (C=O) groups is 1. The number of nitrogens with two attached hydrogens (primary N) is 1. The van der Waals surface area contributed by atoms with Crippen LogP contribution in [0.3, 0.4) is 0 Å². The molecule has 0 heterocycles. The standard InChI is InChI=1S/C18H25ClN2O3/c19-15-11-14(12-17(13-15)23-9-4-10-24-20)5-3-8-18(22)21-16-6-1-2-7-16/h3,5,11-13,16H,1-2,4,6-10,20H2,(H,21,22). The third-order valence-electron chi connectivity index (χ3n) is 3.90. The number of benzene rings is 1. The van der Waals surface area contributed by atoms with E-state index in [9.17, 15) is 4.79 Å². The lowest BCUT2D eigenvalue weighted by Crippen LogP contribution is -2.31. The quantitative estimate of drug-likeness (QED) is 0.527. The van der Waals surface area contributed by atoms with Gasteiger partial charge in [0.1, 0.15) is 5.75 Å². The number of hydrogen-bond acceptors (Lipinski definition) is 4. The van der Waals surface area contributed by atoms with Crippen molar-refractivity contribution in [2.24, 2.45) is 5.90 Å². The topological polar surface area (TPSA) is 73.6 Å². The first-order chi connectivity index (χ1) is 11.7. The predicted molar refractivity (Wildman–Crippen MR) is 95.8 cm³/mol. The van der Waals surface area contributed by atoms with Gasteiger partial charge in [-0.15, -0.1) is 0 Å². The molecule has 1 aromatic rings. The van der Waals surface area contributed by atoms with Gasteiger partial charge in [0.15, 0.2) is 0 Å². The van der Waals surface area contributed by atoms with E-state index < -0.39 is 0 Å². The molecule has 0 radical (unpaired) electrons. The summed E-state index contributed by atoms with van der Waals surface area (Å²) >= 11 is 6.11. The molecule has 0 spiro atoms. The Balaban J connectivity index is 1.81. The lowest BCUT2D eigenvalue weighted by molar-refractivity contribution is -0.120. The largest absolute Gasteiger partial charge is 0.493 e. The van der Waals surface area contributed by atoms with Crippen molar-refractivity contribution < 1.29 is 14.4 Å². The maximum Gasteiger partial charge on any atom is 0.224 e. The summed E-state index contributed by atoms with van der Waals surface area (Å²) < 4.78 is 5.61. The van der Waals surface area contributed by atoms with E-state index in [1.54, 1.807) is 6.07 Å². The molecule has 1 saturated carbocycles. The van der Waals surface area contributed by atoms with Gasteiger partial charge in [0.25, 0.3) is 0 Å². The van der Waals surface area contributed by atoms with Crippen LogP contribution in [-0.4, -0.2) is 25.2 Å². The molecule has 6 heteroatoms. The van der Waals surface area contributed by atoms with Crippen LogP contribution < -0.4 is 16.0 Å². The highest BCUT2D eigenvalue weighted by Crippen LogP contribution is 2.22. The van der Waals surface area contributed by atoms with Crippen LogP contribution in [0.5, 0.6) is 5.75 Å². The van der Waals surface area contributed by atoms with Crippen LogP contribution in [0.25, 0.3) is 6.08 Å². The summed E-state index contributed by atoms with van der Waals surface area (Å²) in [6.45, 7) is 0.952. The Hall–Kier alpha value is -1.56. The van der Waals surface area contributed by atoms with Gasteiger partial charge >= 0.3 is 0 Å². The average Bonchev–Trinajstić information content (AvgIpc) is 3.04. The predicted octanol–water partition coefficient (Wildman–Crippen LogP) is 3.46. The molecule has 0 bridgehead atoms. The summed E-state index contributed by atoms with van der Waals surface area (Å²) in [4.78, 5) is 16.4. The third-order valence-corrected chi connectivity index (χ3v) is 4.12. The van der Waals surface area contributed by atoms with Crippen LogP contribution in [0.4, 0.5) is 0 Å². The minimum Gasteiger partial charge on any atom is -0.493 e. The molecule has 5 nitrogen and oxygen atoms in total. The fraction of sp³-hybridized carbons (Fsp3) is 0.500. The van der Waals surface area contributed by atoms with Gasteiger partial charge in [-0.25, -0.2) is 5.90 Å². The second kappa shape index (κ2) is 10.3. The molecule has 1 aliphatic carbocycles. The van der Waals surface area contributed by atoms with Crippen molar-refractivity contribution in [1.82, 2.24) is 5.32 Å². The summed E-state index contributed by atoms with van der Waals surface area (Å²) in [5, 5.41) is 3.66. The molecule has 0 saturated heterocycles. The zero-order chi connectivity index (χ0) is 17.2. The van der Waals surface area contributed by atoms with E-state index in [4.69, 9.17) is 22.2 Å². The molecule has 0 atom stereocenters. The molecule has 3 N–H and O–H groups in total. The Morgan fingerprint density at radius 2 is 2.08 bits per heavy atom. The van der Waals surface area contributed by atoms with Gasteiger partial charge in [0.05, 0.1) is 13.2 Å². The molecule has 1 amide bonds. The highest BCUT2D eigenvalue weighted by atomic mass is 35.5. The second-order valence-corrected chi connectivity index (χ2v) is 6.38. The van der Waals surface area contributed by atoms with Gasteiger partial charge in [0.2, 0.25) is 5.91 Å². The van der Waals surface area contributed by atoms with Crippen molar-refractivity contribution in [1.29, 1.82) is 0 Å². The first-order valence-electron chi connectivity index (χ1n) is 8.38. The van der Waals surface area contributed by atoms with E-state index in [0.29, 0.717) is 42.9 Å². The summed E-state index contributed by atoms with van der Waals surface area (Å²) in [6.07, 6.45) is 9.42. The van der Waals surface area contributed by atoms with Gasteiger partial charge < -0.3 is 14.9 Å². The monoisotopic (exact) mass is 352 g/mol. The van der Waals surface area contributed by atoms with Gasteiger partial charge in [-0.1, -0.05) is 36.6 Å². The second-order valence-electron chi connectivity index (χ2n) is 5.95. The minimum atomic E-state index is 0.0680. The smallest absolute Gasteiger partial charge is 0.224 e. The summed E-state index contributed by atoms with van der Waals surface area (Å²) in [7, 11) is 0. The number of amides is 1. The number of hydrogen-bond donors (Lipinski definition) is 2. The van der Waals surface area contributed by atoms with Crippen LogP contribution in [0.2, 0.25) is 5.02 Å². The number of rotatable bonds is 9. The number of carbonyl (C=O) groups excluding carboxylic acids is 1. The fourth-order valence-electron chi connectivity index (χ4n) is 2.76. The highest BCUT2D eigenvalue weighted by molar-refractivity contribution is 6.30. The molecular weight excluding hydrogens is 328 g/mol. The van der Waals surface area contributed by atoms with Gasteiger partial charge in [-0.2, -0.15) is 0 Å². The molecule has 0 aliphatic heterocycles. The molecule has 1 fully saturated rings. The van der Waals surface area contributed by atoms with Crippen molar-refractivity contribution in [2.45, 2.75) is 44.6 Å². The van der Waals surface area contributed by atoms with Gasteiger partial charge in [-0.05, 0) is 36.6 Å². The van der Waals surface area contributed by atoms with Crippen LogP contribution in [0.15, 0.2) is 24.3 Å². The molecule has 1 aliphatic rings. The molecule has 0 aromatic heterocycles. The van der Waals surface area contributed by atoms with Crippen LogP contribution in [0.1, 0.15) is 44.1 Å². The Morgan fingerprint density at radius 3 is 2.83 bits per heavy atom. The molecule has 0 unspecified atom stereocenters. The Labute approximate surface area is 148 Å². The van der Waals surface area contributed by atoms with Crippen molar-refractivity contribution in [3.8, 4) is 5.75 Å². The van der Waals surface area contributed by atoms with Crippen molar-refractivity contribution in [2.75, 3.05) is 13.2 Å². The van der Waals surface area contributed by atoms with Crippen molar-refractivity contribution in [3.63, 3.8) is 0 Å². The number of ether oxygens (including phenoxy) is 1. The van der Waals surface area contributed by atoms with E-state index in [2.05, 4.69) is 10.2 Å². The lowest BCUT2D eigenvalue weighted by atomic mass is 10.2. The number of nitrogens with one attached hydrogen (secondary N) is 1. The zero-order valence-corrected chi connectivity index (χ0v) is 14.6. The Kier molecular flexibility index (Phi) is 8.08. The highest BCUT2D eigenvalue weighted by Gasteiger charge is 2.16. The van der Waals surface area contributed by atoms with Gasteiger partial charge in [-0.3, -0.25) is 4.79 Å². The first kappa shape index (κ1) is 18.8. The minimum absolute atomic E-state index is 0.0680.